The van der Waals surface area contributed by atoms with Gasteiger partial charge in [-0.15, -0.1) is 0 Å². The van der Waals surface area contributed by atoms with Gasteiger partial charge in [0.05, 0.1) is 11.2 Å². The number of nitrogens with one attached hydrogen (secondary N) is 1. The second-order valence-electron chi connectivity index (χ2n) is 6.04. The quantitative estimate of drug-likeness (QED) is 0.664. The van der Waals surface area contributed by atoms with E-state index in [1.807, 2.05) is 36.4 Å². The average molecular weight is 340 g/mol. The lowest BCUT2D eigenvalue weighted by Crippen LogP contribution is -2.17. The van der Waals surface area contributed by atoms with E-state index in [2.05, 4.69) is 15.2 Å². The summed E-state index contributed by atoms with van der Waals surface area (Å²) >= 11 is 6.05. The van der Waals surface area contributed by atoms with Crippen molar-refractivity contribution in [2.75, 3.05) is 23.3 Å². The molecule has 122 valence electrons. The third kappa shape index (κ3) is 2.85. The largest absolute Gasteiger partial charge is 0.506 e. The van der Waals surface area contributed by atoms with Crippen molar-refractivity contribution in [1.82, 2.24) is 4.98 Å². The van der Waals surface area contributed by atoms with E-state index in [9.17, 15) is 5.11 Å². The normalized spacial score (nSPS) is 14.3. The van der Waals surface area contributed by atoms with E-state index in [1.165, 1.54) is 12.8 Å². The maximum absolute atomic E-state index is 10.2. The van der Waals surface area contributed by atoms with Crippen LogP contribution in [0.2, 0.25) is 5.02 Å². The van der Waals surface area contributed by atoms with Gasteiger partial charge in [0, 0.05) is 41.1 Å². The Morgan fingerprint density at radius 1 is 1.04 bits per heavy atom. The molecule has 3 aromatic rings. The number of aromatic hydroxyl groups is 1. The van der Waals surface area contributed by atoms with Gasteiger partial charge in [-0.1, -0.05) is 11.6 Å². The van der Waals surface area contributed by atoms with E-state index in [4.69, 9.17) is 11.6 Å². The van der Waals surface area contributed by atoms with E-state index in [0.717, 1.165) is 41.1 Å². The van der Waals surface area contributed by atoms with Gasteiger partial charge in [0.15, 0.2) is 0 Å². The highest BCUT2D eigenvalue weighted by molar-refractivity contribution is 6.31. The van der Waals surface area contributed by atoms with Gasteiger partial charge in [-0.05, 0) is 55.3 Å². The number of phenolic OH excluding ortho intramolecular Hbond substituents is 1. The van der Waals surface area contributed by atoms with Crippen LogP contribution in [-0.4, -0.2) is 23.2 Å². The van der Waals surface area contributed by atoms with Crippen LogP contribution in [0.1, 0.15) is 12.8 Å². The summed E-state index contributed by atoms with van der Waals surface area (Å²) in [5.74, 6) is 0.328. The molecular formula is C19H18ClN3O. The second kappa shape index (κ2) is 6.21. The minimum absolute atomic E-state index is 0.328. The zero-order valence-corrected chi connectivity index (χ0v) is 13.9. The lowest BCUT2D eigenvalue weighted by molar-refractivity contribution is 0.475. The number of aromatic nitrogens is 1. The van der Waals surface area contributed by atoms with Gasteiger partial charge in [0.2, 0.25) is 0 Å². The number of halogens is 1. The molecule has 5 heteroatoms. The molecule has 1 saturated heterocycles. The number of fused-ring (bicyclic) bond motifs is 1. The van der Waals surface area contributed by atoms with E-state index < -0.39 is 0 Å². The zero-order valence-electron chi connectivity index (χ0n) is 13.2. The summed E-state index contributed by atoms with van der Waals surface area (Å²) in [5, 5.41) is 15.3. The SMILES string of the molecule is Oc1ccc(Nc2ccnc3cc(Cl)ccc23)cc1N1CCCC1. The number of anilines is 3. The van der Waals surface area contributed by atoms with Crippen LogP contribution in [0.5, 0.6) is 5.75 Å². The Labute approximate surface area is 145 Å². The lowest BCUT2D eigenvalue weighted by Gasteiger charge is -2.20. The lowest BCUT2D eigenvalue weighted by atomic mass is 10.1. The van der Waals surface area contributed by atoms with Crippen LogP contribution in [0.25, 0.3) is 10.9 Å². The molecule has 2 heterocycles. The van der Waals surface area contributed by atoms with Crippen LogP contribution in [0, 0.1) is 0 Å². The van der Waals surface area contributed by atoms with Crippen LogP contribution >= 0.6 is 11.6 Å². The Hall–Kier alpha value is -2.46. The third-order valence-electron chi connectivity index (χ3n) is 4.41. The van der Waals surface area contributed by atoms with Crippen LogP contribution < -0.4 is 10.2 Å². The summed E-state index contributed by atoms with van der Waals surface area (Å²) in [6.07, 6.45) is 4.11. The summed E-state index contributed by atoms with van der Waals surface area (Å²) in [5.41, 5.74) is 3.65. The Balaban J connectivity index is 1.69. The van der Waals surface area contributed by atoms with E-state index in [1.54, 1.807) is 12.3 Å². The van der Waals surface area contributed by atoms with Gasteiger partial charge in [-0.25, -0.2) is 0 Å². The molecule has 0 saturated carbocycles. The average Bonchev–Trinajstić information content (AvgIpc) is 3.11. The summed E-state index contributed by atoms with van der Waals surface area (Å²) in [6.45, 7) is 1.99. The summed E-state index contributed by atoms with van der Waals surface area (Å²) in [4.78, 5) is 6.59. The van der Waals surface area contributed by atoms with Crippen molar-refractivity contribution >= 4 is 39.6 Å². The van der Waals surface area contributed by atoms with Crippen LogP contribution in [0.3, 0.4) is 0 Å². The Kier molecular flexibility index (Phi) is 3.90. The molecule has 24 heavy (non-hydrogen) atoms. The van der Waals surface area contributed by atoms with Crippen LogP contribution in [-0.2, 0) is 0 Å². The monoisotopic (exact) mass is 339 g/mol. The number of pyridine rings is 1. The van der Waals surface area contributed by atoms with Crippen molar-refractivity contribution in [3.05, 3.63) is 53.7 Å². The van der Waals surface area contributed by atoms with E-state index in [0.29, 0.717) is 10.8 Å². The molecule has 0 aliphatic carbocycles. The molecule has 1 fully saturated rings. The molecule has 0 atom stereocenters. The van der Waals surface area contributed by atoms with Crippen LogP contribution in [0.4, 0.5) is 17.1 Å². The Morgan fingerprint density at radius 2 is 1.88 bits per heavy atom. The van der Waals surface area contributed by atoms with Crippen molar-refractivity contribution in [2.45, 2.75) is 12.8 Å². The molecule has 2 aromatic carbocycles. The molecule has 4 rings (SSSR count). The minimum atomic E-state index is 0.328. The van der Waals surface area contributed by atoms with Gasteiger partial charge in [0.25, 0.3) is 0 Å². The molecule has 0 unspecified atom stereocenters. The molecule has 4 nitrogen and oxygen atoms in total. The van der Waals surface area contributed by atoms with Crippen molar-refractivity contribution in [3.63, 3.8) is 0 Å². The minimum Gasteiger partial charge on any atom is -0.506 e. The molecule has 1 aliphatic rings. The second-order valence-corrected chi connectivity index (χ2v) is 6.48. The van der Waals surface area contributed by atoms with E-state index in [-0.39, 0.29) is 0 Å². The fourth-order valence-corrected chi connectivity index (χ4v) is 3.36. The number of phenols is 1. The van der Waals surface area contributed by atoms with E-state index >= 15 is 0 Å². The van der Waals surface area contributed by atoms with Gasteiger partial charge >= 0.3 is 0 Å². The van der Waals surface area contributed by atoms with Crippen LogP contribution in [0.15, 0.2) is 48.7 Å². The maximum atomic E-state index is 10.2. The number of rotatable bonds is 3. The molecule has 0 amide bonds. The molecule has 2 N–H and O–H groups in total. The summed E-state index contributed by atoms with van der Waals surface area (Å²) in [7, 11) is 0. The van der Waals surface area contributed by atoms with Gasteiger partial charge in [0.1, 0.15) is 5.75 Å². The number of nitrogens with zero attached hydrogens (tertiary/aromatic N) is 2. The first kappa shape index (κ1) is 15.1. The number of hydrogen-bond acceptors (Lipinski definition) is 4. The summed E-state index contributed by atoms with van der Waals surface area (Å²) < 4.78 is 0. The molecule has 0 spiro atoms. The predicted molar refractivity (Wildman–Crippen MR) is 99.6 cm³/mol. The highest BCUT2D eigenvalue weighted by Crippen LogP contribution is 2.34. The topological polar surface area (TPSA) is 48.4 Å². The Bertz CT molecular complexity index is 891. The van der Waals surface area contributed by atoms with Crippen molar-refractivity contribution in [3.8, 4) is 5.75 Å². The summed E-state index contributed by atoms with van der Waals surface area (Å²) in [6, 6.07) is 13.3. The fourth-order valence-electron chi connectivity index (χ4n) is 3.20. The van der Waals surface area contributed by atoms with Crippen molar-refractivity contribution in [2.24, 2.45) is 0 Å². The molecule has 1 aromatic heterocycles. The number of hydrogen-bond donors (Lipinski definition) is 2. The molecule has 0 bridgehead atoms. The molecule has 1 aliphatic heterocycles. The van der Waals surface area contributed by atoms with Crippen molar-refractivity contribution < 1.29 is 5.11 Å². The highest BCUT2D eigenvalue weighted by Gasteiger charge is 2.16. The maximum Gasteiger partial charge on any atom is 0.139 e. The van der Waals surface area contributed by atoms with Crippen molar-refractivity contribution in [1.29, 1.82) is 0 Å². The third-order valence-corrected chi connectivity index (χ3v) is 4.64. The van der Waals surface area contributed by atoms with Gasteiger partial charge in [-0.3, -0.25) is 4.98 Å². The molecular weight excluding hydrogens is 322 g/mol. The zero-order chi connectivity index (χ0) is 16.5. The first-order valence-electron chi connectivity index (χ1n) is 8.10. The Morgan fingerprint density at radius 3 is 2.71 bits per heavy atom. The van der Waals surface area contributed by atoms with Gasteiger partial charge < -0.3 is 15.3 Å². The standard InChI is InChI=1S/C19H18ClN3O/c20-13-3-5-15-16(7-8-21-17(15)11-13)22-14-4-6-19(24)18(12-14)23-9-1-2-10-23/h3-8,11-12,24H,1-2,9-10H2,(H,21,22). The highest BCUT2D eigenvalue weighted by atomic mass is 35.5. The van der Waals surface area contributed by atoms with Gasteiger partial charge in [-0.2, -0.15) is 0 Å². The first-order chi connectivity index (χ1) is 11.7. The predicted octanol–water partition coefficient (Wildman–Crippen LogP) is 4.94. The fraction of sp³-hybridized carbons (Fsp3) is 0.211. The molecule has 0 radical (unpaired) electrons. The first-order valence-corrected chi connectivity index (χ1v) is 8.48. The number of benzene rings is 2. The smallest absolute Gasteiger partial charge is 0.139 e.